The van der Waals surface area contributed by atoms with E-state index in [1.807, 2.05) is 12.1 Å². The number of amides is 1. The van der Waals surface area contributed by atoms with Gasteiger partial charge in [0.15, 0.2) is 18.1 Å². The number of ether oxygens (including phenoxy) is 3. The van der Waals surface area contributed by atoms with Crippen LogP contribution < -0.4 is 14.8 Å². The highest BCUT2D eigenvalue weighted by molar-refractivity contribution is 5.91. The van der Waals surface area contributed by atoms with Crippen LogP contribution in [0.3, 0.4) is 0 Å². The van der Waals surface area contributed by atoms with Crippen LogP contribution in [0.15, 0.2) is 42.5 Å². The third-order valence-electron chi connectivity index (χ3n) is 3.60. The quantitative estimate of drug-likeness (QED) is 0.700. The summed E-state index contributed by atoms with van der Waals surface area (Å²) in [6.45, 7) is -0.00157. The van der Waals surface area contributed by atoms with Crippen molar-refractivity contribution < 1.29 is 28.9 Å². The van der Waals surface area contributed by atoms with Crippen LogP contribution in [0.2, 0.25) is 0 Å². The fraction of sp³-hybridized carbons (Fsp3) is 0.263. The highest BCUT2D eigenvalue weighted by Gasteiger charge is 2.11. The van der Waals surface area contributed by atoms with Gasteiger partial charge in [-0.25, -0.2) is 4.79 Å². The zero-order valence-corrected chi connectivity index (χ0v) is 14.7. The van der Waals surface area contributed by atoms with Crippen molar-refractivity contribution >= 4 is 11.9 Å². The molecule has 0 fully saturated rings. The Kier molecular flexibility index (Phi) is 6.84. The molecular formula is C19H21NO6. The van der Waals surface area contributed by atoms with E-state index < -0.39 is 11.9 Å². The molecule has 0 atom stereocenters. The topological polar surface area (TPSA) is 94.1 Å². The van der Waals surface area contributed by atoms with Crippen LogP contribution in [0.1, 0.15) is 15.9 Å². The molecule has 138 valence electrons. The zero-order chi connectivity index (χ0) is 18.9. The van der Waals surface area contributed by atoms with Gasteiger partial charge in [0.1, 0.15) is 5.75 Å². The fourth-order valence-corrected chi connectivity index (χ4v) is 2.28. The predicted molar refractivity (Wildman–Crippen MR) is 94.6 cm³/mol. The second kappa shape index (κ2) is 9.31. The summed E-state index contributed by atoms with van der Waals surface area (Å²) in [5, 5.41) is 12.0. The fourth-order valence-electron chi connectivity index (χ4n) is 2.28. The Bertz CT molecular complexity index is 774. The molecule has 1 amide bonds. The summed E-state index contributed by atoms with van der Waals surface area (Å²) in [7, 11) is 3.13. The number of hydrogen-bond acceptors (Lipinski definition) is 6. The van der Waals surface area contributed by atoms with Gasteiger partial charge < -0.3 is 24.6 Å². The lowest BCUT2D eigenvalue weighted by atomic mass is 10.1. The summed E-state index contributed by atoms with van der Waals surface area (Å²) in [6, 6.07) is 11.3. The summed E-state index contributed by atoms with van der Waals surface area (Å²) >= 11 is 0. The first kappa shape index (κ1) is 19.1. The Morgan fingerprint density at radius 1 is 1.04 bits per heavy atom. The van der Waals surface area contributed by atoms with Crippen LogP contribution in [0.25, 0.3) is 0 Å². The second-order valence-corrected chi connectivity index (χ2v) is 5.42. The number of carbonyl (C=O) groups is 2. The standard InChI is InChI=1S/C19H21NO6/c1-24-16-7-6-13(10-17(16)25-2)8-9-20-18(22)12-26-19(23)14-4-3-5-15(21)11-14/h3-7,10-11,21H,8-9,12H2,1-2H3,(H,20,22). The van der Waals surface area contributed by atoms with E-state index >= 15 is 0 Å². The molecule has 0 bridgehead atoms. The largest absolute Gasteiger partial charge is 0.508 e. The van der Waals surface area contributed by atoms with Gasteiger partial charge in [0, 0.05) is 6.54 Å². The molecule has 0 unspecified atom stereocenters. The minimum atomic E-state index is -0.670. The molecule has 0 aliphatic heterocycles. The van der Waals surface area contributed by atoms with Crippen molar-refractivity contribution in [2.24, 2.45) is 0 Å². The van der Waals surface area contributed by atoms with Crippen molar-refractivity contribution in [2.75, 3.05) is 27.4 Å². The molecule has 0 spiro atoms. The smallest absolute Gasteiger partial charge is 0.338 e. The van der Waals surface area contributed by atoms with E-state index in [0.29, 0.717) is 24.5 Å². The van der Waals surface area contributed by atoms with Gasteiger partial charge in [-0.15, -0.1) is 0 Å². The first-order valence-corrected chi connectivity index (χ1v) is 7.97. The Labute approximate surface area is 151 Å². The Morgan fingerprint density at radius 3 is 2.50 bits per heavy atom. The third kappa shape index (κ3) is 5.41. The van der Waals surface area contributed by atoms with Crippen molar-refractivity contribution in [1.82, 2.24) is 5.32 Å². The van der Waals surface area contributed by atoms with Crippen molar-refractivity contribution in [3.05, 3.63) is 53.6 Å². The number of methoxy groups -OCH3 is 2. The lowest BCUT2D eigenvalue weighted by Gasteiger charge is -2.10. The van der Waals surface area contributed by atoms with Crippen LogP contribution in [0, 0.1) is 0 Å². The summed E-state index contributed by atoms with van der Waals surface area (Å²) in [5.74, 6) is 0.143. The van der Waals surface area contributed by atoms with Gasteiger partial charge in [-0.05, 0) is 42.3 Å². The lowest BCUT2D eigenvalue weighted by Crippen LogP contribution is -2.30. The van der Waals surface area contributed by atoms with Gasteiger partial charge in [0.05, 0.1) is 19.8 Å². The minimum Gasteiger partial charge on any atom is -0.508 e. The third-order valence-corrected chi connectivity index (χ3v) is 3.60. The molecule has 0 heterocycles. The number of benzene rings is 2. The van der Waals surface area contributed by atoms with Gasteiger partial charge >= 0.3 is 5.97 Å². The molecule has 2 aromatic rings. The number of phenols is 1. The number of hydrogen-bond donors (Lipinski definition) is 2. The maximum atomic E-state index is 11.8. The van der Waals surface area contributed by atoms with Gasteiger partial charge in [0.2, 0.25) is 0 Å². The molecule has 7 nitrogen and oxygen atoms in total. The van der Waals surface area contributed by atoms with Gasteiger partial charge in [-0.1, -0.05) is 12.1 Å². The molecule has 2 N–H and O–H groups in total. The summed E-state index contributed by atoms with van der Waals surface area (Å²) < 4.78 is 15.3. The number of nitrogens with one attached hydrogen (secondary N) is 1. The number of phenolic OH excluding ortho intramolecular Hbond substituents is 1. The molecule has 7 heteroatoms. The molecule has 26 heavy (non-hydrogen) atoms. The van der Waals surface area contributed by atoms with Crippen molar-refractivity contribution in [3.8, 4) is 17.2 Å². The maximum Gasteiger partial charge on any atom is 0.338 e. The highest BCUT2D eigenvalue weighted by Crippen LogP contribution is 2.27. The maximum absolute atomic E-state index is 11.8. The van der Waals surface area contributed by atoms with Crippen LogP contribution in [-0.2, 0) is 16.0 Å². The van der Waals surface area contributed by atoms with Crippen LogP contribution in [0.4, 0.5) is 0 Å². The molecule has 0 saturated heterocycles. The van der Waals surface area contributed by atoms with Gasteiger partial charge in [0.25, 0.3) is 5.91 Å². The summed E-state index contributed by atoms with van der Waals surface area (Å²) in [4.78, 5) is 23.6. The lowest BCUT2D eigenvalue weighted by molar-refractivity contribution is -0.124. The van der Waals surface area contributed by atoms with E-state index in [2.05, 4.69) is 5.32 Å². The number of carbonyl (C=O) groups excluding carboxylic acids is 2. The summed E-state index contributed by atoms with van der Waals surface area (Å²) in [5.41, 5.74) is 1.16. The minimum absolute atomic E-state index is 0.0428. The van der Waals surface area contributed by atoms with E-state index in [4.69, 9.17) is 14.2 Å². The predicted octanol–water partition coefficient (Wildman–Crippen LogP) is 1.93. The highest BCUT2D eigenvalue weighted by atomic mass is 16.5. The number of aromatic hydroxyl groups is 1. The van der Waals surface area contributed by atoms with Crippen molar-refractivity contribution in [1.29, 1.82) is 0 Å². The molecule has 0 aliphatic rings. The van der Waals surface area contributed by atoms with E-state index in [1.54, 1.807) is 20.3 Å². The van der Waals surface area contributed by atoms with E-state index in [1.165, 1.54) is 24.3 Å². The molecular weight excluding hydrogens is 338 g/mol. The average Bonchev–Trinajstić information content (AvgIpc) is 2.65. The van der Waals surface area contributed by atoms with Gasteiger partial charge in [-0.2, -0.15) is 0 Å². The first-order valence-electron chi connectivity index (χ1n) is 7.97. The SMILES string of the molecule is COc1ccc(CCNC(=O)COC(=O)c2cccc(O)c2)cc1OC. The molecule has 2 rings (SSSR count). The Morgan fingerprint density at radius 2 is 1.81 bits per heavy atom. The average molecular weight is 359 g/mol. The normalized spacial score (nSPS) is 10.1. The molecule has 0 radical (unpaired) electrons. The summed E-state index contributed by atoms with van der Waals surface area (Å²) in [6.07, 6.45) is 0.590. The van der Waals surface area contributed by atoms with E-state index in [0.717, 1.165) is 5.56 Å². The molecule has 0 aliphatic carbocycles. The van der Waals surface area contributed by atoms with E-state index in [-0.39, 0.29) is 17.9 Å². The van der Waals surface area contributed by atoms with Crippen LogP contribution >= 0.6 is 0 Å². The first-order chi connectivity index (χ1) is 12.5. The number of esters is 1. The monoisotopic (exact) mass is 359 g/mol. The van der Waals surface area contributed by atoms with Crippen LogP contribution in [-0.4, -0.2) is 44.4 Å². The van der Waals surface area contributed by atoms with Crippen molar-refractivity contribution in [2.45, 2.75) is 6.42 Å². The molecule has 2 aromatic carbocycles. The van der Waals surface area contributed by atoms with Crippen LogP contribution in [0.5, 0.6) is 17.2 Å². The Hall–Kier alpha value is -3.22. The number of rotatable bonds is 8. The molecule has 0 saturated carbocycles. The van der Waals surface area contributed by atoms with E-state index in [9.17, 15) is 14.7 Å². The van der Waals surface area contributed by atoms with Gasteiger partial charge in [-0.3, -0.25) is 4.79 Å². The van der Waals surface area contributed by atoms with Crippen molar-refractivity contribution in [3.63, 3.8) is 0 Å². The molecule has 0 aromatic heterocycles. The Balaban J connectivity index is 1.76. The second-order valence-electron chi connectivity index (χ2n) is 5.42. The zero-order valence-electron chi connectivity index (χ0n) is 14.7.